The lowest BCUT2D eigenvalue weighted by Crippen LogP contribution is -2.31. The zero-order chi connectivity index (χ0) is 17.3. The van der Waals surface area contributed by atoms with Crippen molar-refractivity contribution in [1.29, 1.82) is 0 Å². The number of hydrogen-bond acceptors (Lipinski definition) is 5. The maximum absolute atomic E-state index is 12.6. The number of anilines is 2. The number of carbonyl (C=O) groups excluding carboxylic acids is 2. The maximum atomic E-state index is 12.6. The Morgan fingerprint density at radius 1 is 1.17 bits per heavy atom. The van der Waals surface area contributed by atoms with E-state index in [-0.39, 0.29) is 29.5 Å². The van der Waals surface area contributed by atoms with Crippen LogP contribution >= 0.6 is 11.8 Å². The SMILES string of the molecule is Nc1ccccc1S[C@H]1CC(=O)N(c2cccc(C(=O)O)c2)C1=O. The van der Waals surface area contributed by atoms with E-state index in [1.165, 1.54) is 30.0 Å². The van der Waals surface area contributed by atoms with Gasteiger partial charge in [0.25, 0.3) is 0 Å². The van der Waals surface area contributed by atoms with Gasteiger partial charge in [-0.3, -0.25) is 9.59 Å². The van der Waals surface area contributed by atoms with Crippen LogP contribution in [0.15, 0.2) is 53.4 Å². The first kappa shape index (κ1) is 16.1. The highest BCUT2D eigenvalue weighted by Crippen LogP contribution is 2.36. The van der Waals surface area contributed by atoms with Gasteiger partial charge >= 0.3 is 5.97 Å². The van der Waals surface area contributed by atoms with Gasteiger partial charge in [-0.2, -0.15) is 0 Å². The number of nitrogens with zero attached hydrogens (tertiary/aromatic N) is 1. The van der Waals surface area contributed by atoms with Gasteiger partial charge in [-0.25, -0.2) is 9.69 Å². The number of carboxylic acid groups (broad SMARTS) is 1. The Morgan fingerprint density at radius 2 is 1.92 bits per heavy atom. The number of carboxylic acids is 1. The lowest BCUT2D eigenvalue weighted by molar-refractivity contribution is -0.121. The highest BCUT2D eigenvalue weighted by atomic mass is 32.2. The highest BCUT2D eigenvalue weighted by Gasteiger charge is 2.40. The molecule has 3 rings (SSSR count). The number of nitrogens with two attached hydrogens (primary N) is 1. The molecule has 1 saturated heterocycles. The molecule has 7 heteroatoms. The third-order valence-corrected chi connectivity index (χ3v) is 4.92. The summed E-state index contributed by atoms with van der Waals surface area (Å²) in [5.41, 5.74) is 6.73. The molecule has 1 aliphatic rings. The van der Waals surface area contributed by atoms with Gasteiger partial charge in [-0.05, 0) is 30.3 Å². The smallest absolute Gasteiger partial charge is 0.335 e. The van der Waals surface area contributed by atoms with E-state index in [0.29, 0.717) is 5.69 Å². The summed E-state index contributed by atoms with van der Waals surface area (Å²) in [5.74, 6) is -1.83. The molecule has 0 bridgehead atoms. The van der Waals surface area contributed by atoms with E-state index >= 15 is 0 Å². The number of para-hydroxylation sites is 1. The van der Waals surface area contributed by atoms with Crippen LogP contribution < -0.4 is 10.6 Å². The Kier molecular flexibility index (Phi) is 4.26. The summed E-state index contributed by atoms with van der Waals surface area (Å²) in [6.07, 6.45) is 0.0507. The summed E-state index contributed by atoms with van der Waals surface area (Å²) in [4.78, 5) is 37.7. The molecule has 24 heavy (non-hydrogen) atoms. The van der Waals surface area contributed by atoms with Crippen molar-refractivity contribution in [2.75, 3.05) is 10.6 Å². The van der Waals surface area contributed by atoms with E-state index in [9.17, 15) is 14.4 Å². The van der Waals surface area contributed by atoms with Crippen molar-refractivity contribution in [2.45, 2.75) is 16.6 Å². The molecular formula is C17H14N2O4S. The molecule has 2 amide bonds. The van der Waals surface area contributed by atoms with Gasteiger partial charge in [0.2, 0.25) is 11.8 Å². The fraction of sp³-hybridized carbons (Fsp3) is 0.118. The quantitative estimate of drug-likeness (QED) is 0.653. The fourth-order valence-corrected chi connectivity index (χ4v) is 3.59. The van der Waals surface area contributed by atoms with Crippen LogP contribution in [0.5, 0.6) is 0 Å². The summed E-state index contributed by atoms with van der Waals surface area (Å²) in [6, 6.07) is 12.9. The maximum Gasteiger partial charge on any atom is 0.335 e. The molecule has 2 aromatic rings. The third-order valence-electron chi connectivity index (χ3n) is 3.64. The van der Waals surface area contributed by atoms with Crippen LogP contribution in [0.2, 0.25) is 0 Å². The number of rotatable bonds is 4. The van der Waals surface area contributed by atoms with Crippen molar-refractivity contribution in [3.05, 3.63) is 54.1 Å². The van der Waals surface area contributed by atoms with Crippen LogP contribution in [0.3, 0.4) is 0 Å². The molecule has 1 fully saturated rings. The normalized spacial score (nSPS) is 17.3. The van der Waals surface area contributed by atoms with E-state index in [1.807, 2.05) is 6.07 Å². The monoisotopic (exact) mass is 342 g/mol. The topological polar surface area (TPSA) is 101 Å². The second kappa shape index (κ2) is 6.37. The first-order valence-corrected chi connectivity index (χ1v) is 8.06. The lowest BCUT2D eigenvalue weighted by atomic mass is 10.2. The van der Waals surface area contributed by atoms with E-state index in [1.54, 1.807) is 24.3 Å². The van der Waals surface area contributed by atoms with Gasteiger partial charge in [0.15, 0.2) is 0 Å². The zero-order valence-corrected chi connectivity index (χ0v) is 13.3. The number of carbonyl (C=O) groups is 3. The average Bonchev–Trinajstić information content (AvgIpc) is 2.83. The van der Waals surface area contributed by atoms with Crippen molar-refractivity contribution in [3.63, 3.8) is 0 Å². The van der Waals surface area contributed by atoms with Crippen molar-refractivity contribution in [1.82, 2.24) is 0 Å². The predicted octanol–water partition coefficient (Wildman–Crippen LogP) is 2.39. The minimum atomic E-state index is -1.11. The van der Waals surface area contributed by atoms with Crippen LogP contribution in [-0.2, 0) is 9.59 Å². The number of aromatic carboxylic acids is 1. The Balaban J connectivity index is 1.86. The van der Waals surface area contributed by atoms with Gasteiger partial charge in [0.1, 0.15) is 0 Å². The molecule has 0 radical (unpaired) electrons. The standard InChI is InChI=1S/C17H14N2O4S/c18-12-6-1-2-7-13(12)24-14-9-15(20)19(16(14)21)11-5-3-4-10(8-11)17(22)23/h1-8,14H,9,18H2,(H,22,23)/t14-/m0/s1. The molecule has 0 aliphatic carbocycles. The van der Waals surface area contributed by atoms with Crippen molar-refractivity contribution >= 4 is 40.9 Å². The van der Waals surface area contributed by atoms with Gasteiger partial charge in [-0.1, -0.05) is 18.2 Å². The summed E-state index contributed by atoms with van der Waals surface area (Å²) >= 11 is 1.25. The molecule has 6 nitrogen and oxygen atoms in total. The summed E-state index contributed by atoms with van der Waals surface area (Å²) in [5, 5.41) is 8.48. The highest BCUT2D eigenvalue weighted by molar-refractivity contribution is 8.00. The van der Waals surface area contributed by atoms with Crippen LogP contribution in [0, 0.1) is 0 Å². The number of thioether (sulfide) groups is 1. The summed E-state index contributed by atoms with van der Waals surface area (Å²) in [6.45, 7) is 0. The second-order valence-corrected chi connectivity index (χ2v) is 6.52. The minimum Gasteiger partial charge on any atom is -0.478 e. The minimum absolute atomic E-state index is 0.0245. The number of hydrogen-bond donors (Lipinski definition) is 2. The van der Waals surface area contributed by atoms with E-state index in [4.69, 9.17) is 10.8 Å². The number of imide groups is 1. The van der Waals surface area contributed by atoms with E-state index < -0.39 is 11.2 Å². The average molecular weight is 342 g/mol. The van der Waals surface area contributed by atoms with Crippen molar-refractivity contribution < 1.29 is 19.5 Å². The molecule has 1 heterocycles. The first-order chi connectivity index (χ1) is 11.5. The van der Waals surface area contributed by atoms with Crippen LogP contribution in [0.25, 0.3) is 0 Å². The van der Waals surface area contributed by atoms with Crippen LogP contribution in [0.1, 0.15) is 16.8 Å². The molecule has 0 saturated carbocycles. The molecule has 122 valence electrons. The van der Waals surface area contributed by atoms with Crippen LogP contribution in [0.4, 0.5) is 11.4 Å². The van der Waals surface area contributed by atoms with Crippen LogP contribution in [-0.4, -0.2) is 28.1 Å². The molecular weight excluding hydrogens is 328 g/mol. The zero-order valence-electron chi connectivity index (χ0n) is 12.5. The second-order valence-electron chi connectivity index (χ2n) is 5.27. The predicted molar refractivity (Wildman–Crippen MR) is 91.0 cm³/mol. The molecule has 0 spiro atoms. The molecule has 2 aromatic carbocycles. The summed E-state index contributed by atoms with van der Waals surface area (Å²) in [7, 11) is 0. The Labute approximate surface area is 142 Å². The Hall–Kier alpha value is -2.80. The molecule has 3 N–H and O–H groups in total. The molecule has 0 aromatic heterocycles. The van der Waals surface area contributed by atoms with Gasteiger partial charge in [0, 0.05) is 17.0 Å². The van der Waals surface area contributed by atoms with Gasteiger partial charge in [-0.15, -0.1) is 11.8 Å². The first-order valence-electron chi connectivity index (χ1n) is 7.18. The van der Waals surface area contributed by atoms with Crippen molar-refractivity contribution in [2.24, 2.45) is 0 Å². The number of amides is 2. The van der Waals surface area contributed by atoms with E-state index in [0.717, 1.165) is 9.80 Å². The van der Waals surface area contributed by atoms with Gasteiger partial charge < -0.3 is 10.8 Å². The fourth-order valence-electron chi connectivity index (χ4n) is 2.49. The summed E-state index contributed by atoms with van der Waals surface area (Å²) < 4.78 is 0. The Bertz CT molecular complexity index is 837. The lowest BCUT2D eigenvalue weighted by Gasteiger charge is -2.15. The largest absolute Gasteiger partial charge is 0.478 e. The molecule has 0 unspecified atom stereocenters. The third kappa shape index (κ3) is 2.98. The molecule has 1 atom stereocenters. The van der Waals surface area contributed by atoms with Gasteiger partial charge in [0.05, 0.1) is 16.5 Å². The van der Waals surface area contributed by atoms with Crippen molar-refractivity contribution in [3.8, 4) is 0 Å². The van der Waals surface area contributed by atoms with E-state index in [2.05, 4.69) is 0 Å². The number of nitrogen functional groups attached to an aromatic ring is 1. The molecule has 1 aliphatic heterocycles. The number of benzene rings is 2. The Morgan fingerprint density at radius 3 is 2.62 bits per heavy atom.